The number of rotatable bonds is 8. The van der Waals surface area contributed by atoms with E-state index in [0.29, 0.717) is 25.8 Å². The standard InChI is InChI=1S/C20H28N4O3/c25-14-6-9-19(26)21-11-10-18-22-16-7-2-3-8-17(16)24(18)15-20(27)23-12-4-1-5-13-23/h2-3,7-8,25H,1,4-6,9-15H2,(H,21,26). The second kappa shape index (κ2) is 9.50. The van der Waals surface area contributed by atoms with Crippen molar-refractivity contribution in [1.82, 2.24) is 19.8 Å². The summed E-state index contributed by atoms with van der Waals surface area (Å²) in [7, 11) is 0. The van der Waals surface area contributed by atoms with Gasteiger partial charge < -0.3 is 19.9 Å². The number of nitrogens with one attached hydrogen (secondary N) is 1. The fourth-order valence-electron chi connectivity index (χ4n) is 3.51. The van der Waals surface area contributed by atoms with Gasteiger partial charge in [-0.2, -0.15) is 0 Å². The Labute approximate surface area is 159 Å². The topological polar surface area (TPSA) is 87.5 Å². The molecule has 2 aromatic rings. The Hall–Kier alpha value is -2.41. The molecule has 1 saturated heterocycles. The largest absolute Gasteiger partial charge is 0.396 e. The van der Waals surface area contributed by atoms with Crippen LogP contribution in [0.3, 0.4) is 0 Å². The number of fused-ring (bicyclic) bond motifs is 1. The summed E-state index contributed by atoms with van der Waals surface area (Å²) in [5, 5.41) is 11.7. The Morgan fingerprint density at radius 1 is 1.15 bits per heavy atom. The lowest BCUT2D eigenvalue weighted by molar-refractivity contribution is -0.132. The molecular weight excluding hydrogens is 344 g/mol. The molecule has 0 spiro atoms. The third-order valence-corrected chi connectivity index (χ3v) is 4.97. The molecule has 0 aliphatic carbocycles. The zero-order chi connectivity index (χ0) is 19.1. The van der Waals surface area contributed by atoms with Crippen LogP contribution in [0.15, 0.2) is 24.3 Å². The number of carbonyl (C=O) groups excluding carboxylic acids is 2. The average molecular weight is 372 g/mol. The van der Waals surface area contributed by atoms with Gasteiger partial charge in [0.05, 0.1) is 11.0 Å². The van der Waals surface area contributed by atoms with E-state index in [1.165, 1.54) is 6.42 Å². The fraction of sp³-hybridized carbons (Fsp3) is 0.550. The second-order valence-electron chi connectivity index (χ2n) is 6.97. The van der Waals surface area contributed by atoms with Crippen LogP contribution in [-0.4, -0.2) is 57.6 Å². The number of likely N-dealkylation sites (tertiary alicyclic amines) is 1. The highest BCUT2D eigenvalue weighted by Gasteiger charge is 2.19. The van der Waals surface area contributed by atoms with Gasteiger partial charge in [-0.3, -0.25) is 9.59 Å². The number of hydrogen-bond donors (Lipinski definition) is 2. The number of hydrogen-bond acceptors (Lipinski definition) is 4. The second-order valence-corrected chi connectivity index (χ2v) is 6.97. The molecule has 1 aliphatic rings. The van der Waals surface area contributed by atoms with Gasteiger partial charge in [-0.1, -0.05) is 12.1 Å². The summed E-state index contributed by atoms with van der Waals surface area (Å²) in [6.07, 6.45) is 4.69. The Morgan fingerprint density at radius 3 is 2.70 bits per heavy atom. The van der Waals surface area contributed by atoms with Gasteiger partial charge in [-0.15, -0.1) is 0 Å². The van der Waals surface area contributed by atoms with E-state index in [1.807, 2.05) is 33.7 Å². The first-order valence-electron chi connectivity index (χ1n) is 9.78. The van der Waals surface area contributed by atoms with Crippen molar-refractivity contribution in [2.45, 2.75) is 45.1 Å². The average Bonchev–Trinajstić information content (AvgIpc) is 3.04. The Bertz CT molecular complexity index is 781. The Morgan fingerprint density at radius 2 is 1.93 bits per heavy atom. The number of amides is 2. The molecule has 1 aliphatic heterocycles. The Kier molecular flexibility index (Phi) is 6.81. The highest BCUT2D eigenvalue weighted by atomic mass is 16.3. The van der Waals surface area contributed by atoms with E-state index in [0.717, 1.165) is 42.8 Å². The number of nitrogens with zero attached hydrogens (tertiary/aromatic N) is 3. The summed E-state index contributed by atoms with van der Waals surface area (Å²) in [5.41, 5.74) is 1.81. The summed E-state index contributed by atoms with van der Waals surface area (Å²) in [6.45, 7) is 2.44. The molecule has 27 heavy (non-hydrogen) atoms. The smallest absolute Gasteiger partial charge is 0.242 e. The molecule has 0 bridgehead atoms. The van der Waals surface area contributed by atoms with Crippen LogP contribution in [0.2, 0.25) is 0 Å². The van der Waals surface area contributed by atoms with Crippen molar-refractivity contribution in [2.75, 3.05) is 26.2 Å². The molecule has 0 radical (unpaired) electrons. The van der Waals surface area contributed by atoms with Gasteiger partial charge in [-0.05, 0) is 37.8 Å². The van der Waals surface area contributed by atoms with Crippen LogP contribution in [-0.2, 0) is 22.6 Å². The predicted molar refractivity (Wildman–Crippen MR) is 103 cm³/mol. The van der Waals surface area contributed by atoms with Crippen LogP contribution in [0.1, 0.15) is 37.9 Å². The van der Waals surface area contributed by atoms with Crippen molar-refractivity contribution in [2.24, 2.45) is 0 Å². The first-order valence-corrected chi connectivity index (χ1v) is 9.78. The minimum atomic E-state index is -0.0731. The lowest BCUT2D eigenvalue weighted by atomic mass is 10.1. The van der Waals surface area contributed by atoms with Gasteiger partial charge in [0.1, 0.15) is 12.4 Å². The number of imidazole rings is 1. The lowest BCUT2D eigenvalue weighted by Crippen LogP contribution is -2.38. The van der Waals surface area contributed by atoms with Crippen LogP contribution in [0, 0.1) is 0 Å². The van der Waals surface area contributed by atoms with Gasteiger partial charge in [0.15, 0.2) is 0 Å². The summed E-state index contributed by atoms with van der Waals surface area (Å²) >= 11 is 0. The molecular formula is C20H28N4O3. The summed E-state index contributed by atoms with van der Waals surface area (Å²) in [4.78, 5) is 31.1. The molecule has 1 aromatic heterocycles. The normalized spacial score (nSPS) is 14.5. The maximum atomic E-state index is 12.7. The molecule has 0 saturated carbocycles. The van der Waals surface area contributed by atoms with E-state index in [4.69, 9.17) is 5.11 Å². The maximum Gasteiger partial charge on any atom is 0.242 e. The number of aliphatic hydroxyl groups is 1. The van der Waals surface area contributed by atoms with Crippen molar-refractivity contribution in [3.8, 4) is 0 Å². The van der Waals surface area contributed by atoms with E-state index in [2.05, 4.69) is 10.3 Å². The molecule has 1 aromatic carbocycles. The summed E-state index contributed by atoms with van der Waals surface area (Å²) in [5.74, 6) is 0.867. The van der Waals surface area contributed by atoms with Crippen LogP contribution >= 0.6 is 0 Å². The van der Waals surface area contributed by atoms with Crippen molar-refractivity contribution in [3.63, 3.8) is 0 Å². The maximum absolute atomic E-state index is 12.7. The molecule has 3 rings (SSSR count). The minimum Gasteiger partial charge on any atom is -0.396 e. The van der Waals surface area contributed by atoms with Crippen LogP contribution in [0.25, 0.3) is 11.0 Å². The molecule has 2 amide bonds. The SMILES string of the molecule is O=C(CCCO)NCCc1nc2ccccc2n1CC(=O)N1CCCCC1. The molecule has 7 heteroatoms. The molecule has 146 valence electrons. The van der Waals surface area contributed by atoms with Gasteiger partial charge in [-0.25, -0.2) is 4.98 Å². The van der Waals surface area contributed by atoms with Crippen LogP contribution < -0.4 is 5.32 Å². The number of para-hydroxylation sites is 2. The molecule has 7 nitrogen and oxygen atoms in total. The predicted octanol–water partition coefficient (Wildman–Crippen LogP) is 1.48. The summed E-state index contributed by atoms with van der Waals surface area (Å²) < 4.78 is 1.98. The van der Waals surface area contributed by atoms with E-state index < -0.39 is 0 Å². The number of piperidine rings is 1. The van der Waals surface area contributed by atoms with Crippen LogP contribution in [0.4, 0.5) is 0 Å². The molecule has 2 heterocycles. The van der Waals surface area contributed by atoms with Crippen LogP contribution in [0.5, 0.6) is 0 Å². The molecule has 0 atom stereocenters. The van der Waals surface area contributed by atoms with Gasteiger partial charge in [0.2, 0.25) is 11.8 Å². The third kappa shape index (κ3) is 5.07. The van der Waals surface area contributed by atoms with Gasteiger partial charge in [0, 0.05) is 39.1 Å². The molecule has 2 N–H and O–H groups in total. The number of carbonyl (C=O) groups is 2. The van der Waals surface area contributed by atoms with Gasteiger partial charge in [0.25, 0.3) is 0 Å². The van der Waals surface area contributed by atoms with E-state index in [9.17, 15) is 9.59 Å². The lowest BCUT2D eigenvalue weighted by Gasteiger charge is -2.27. The van der Waals surface area contributed by atoms with E-state index in [1.54, 1.807) is 0 Å². The van der Waals surface area contributed by atoms with E-state index in [-0.39, 0.29) is 25.0 Å². The highest BCUT2D eigenvalue weighted by molar-refractivity contribution is 5.81. The molecule has 1 fully saturated rings. The number of aromatic nitrogens is 2. The quantitative estimate of drug-likeness (QED) is 0.735. The van der Waals surface area contributed by atoms with E-state index >= 15 is 0 Å². The number of aliphatic hydroxyl groups excluding tert-OH is 1. The zero-order valence-corrected chi connectivity index (χ0v) is 15.7. The van der Waals surface area contributed by atoms with Crippen molar-refractivity contribution in [3.05, 3.63) is 30.1 Å². The Balaban J connectivity index is 1.69. The first kappa shape index (κ1) is 19.4. The fourth-order valence-corrected chi connectivity index (χ4v) is 3.51. The molecule has 0 unspecified atom stereocenters. The monoisotopic (exact) mass is 372 g/mol. The van der Waals surface area contributed by atoms with Gasteiger partial charge >= 0.3 is 0 Å². The first-order chi connectivity index (χ1) is 13.2. The van der Waals surface area contributed by atoms with Crippen molar-refractivity contribution >= 4 is 22.8 Å². The minimum absolute atomic E-state index is 0.0157. The highest BCUT2D eigenvalue weighted by Crippen LogP contribution is 2.18. The van der Waals surface area contributed by atoms with Crippen molar-refractivity contribution < 1.29 is 14.7 Å². The zero-order valence-electron chi connectivity index (χ0n) is 15.7. The number of benzene rings is 1. The van der Waals surface area contributed by atoms with Crippen molar-refractivity contribution in [1.29, 1.82) is 0 Å². The third-order valence-electron chi connectivity index (χ3n) is 4.97. The summed E-state index contributed by atoms with van der Waals surface area (Å²) in [6, 6.07) is 7.81.